The lowest BCUT2D eigenvalue weighted by Crippen LogP contribution is -1.84. The summed E-state index contributed by atoms with van der Waals surface area (Å²) in [6.45, 7) is 2.11. The van der Waals surface area contributed by atoms with E-state index in [1.54, 1.807) is 41.3 Å². The molecule has 0 aliphatic carbocycles. The van der Waals surface area contributed by atoms with Crippen molar-refractivity contribution in [2.45, 2.75) is 6.92 Å². The fraction of sp³-hybridized carbons (Fsp3) is 0.0833. The number of hydrogen-bond acceptors (Lipinski definition) is 5. The van der Waals surface area contributed by atoms with Crippen molar-refractivity contribution in [1.29, 1.82) is 0 Å². The second-order valence-electron chi connectivity index (χ2n) is 3.56. The van der Waals surface area contributed by atoms with Gasteiger partial charge in [-0.1, -0.05) is 0 Å². The Balaban J connectivity index is 2.02. The minimum absolute atomic E-state index is 0.823. The maximum Gasteiger partial charge on any atom is 0.134 e. The molecule has 0 saturated carbocycles. The number of aryl methyl sites for hydroxylation is 1. The van der Waals surface area contributed by atoms with Gasteiger partial charge in [-0.3, -0.25) is 9.97 Å². The van der Waals surface area contributed by atoms with Crippen molar-refractivity contribution in [1.82, 2.24) is 15.0 Å². The van der Waals surface area contributed by atoms with Crippen molar-refractivity contribution in [2.75, 3.05) is 0 Å². The SMILES string of the molecule is Cc1ccsc1-c1nc(-c2cnccn2)cs1. The van der Waals surface area contributed by atoms with E-state index in [-0.39, 0.29) is 0 Å². The Hall–Kier alpha value is -1.59. The molecule has 3 rings (SSSR count). The van der Waals surface area contributed by atoms with Crippen LogP contribution < -0.4 is 0 Å². The Morgan fingerprint density at radius 3 is 2.76 bits per heavy atom. The molecule has 3 aromatic heterocycles. The molecular weight excluding hydrogens is 250 g/mol. The highest BCUT2D eigenvalue weighted by Crippen LogP contribution is 2.33. The van der Waals surface area contributed by atoms with Crippen LogP contribution in [0.3, 0.4) is 0 Å². The van der Waals surface area contributed by atoms with Crippen LogP contribution in [0.4, 0.5) is 0 Å². The van der Waals surface area contributed by atoms with Gasteiger partial charge in [0, 0.05) is 17.8 Å². The van der Waals surface area contributed by atoms with Gasteiger partial charge in [0.1, 0.15) is 16.4 Å². The van der Waals surface area contributed by atoms with Gasteiger partial charge in [0.2, 0.25) is 0 Å². The summed E-state index contributed by atoms with van der Waals surface area (Å²) in [6, 6.07) is 2.11. The lowest BCUT2D eigenvalue weighted by atomic mass is 10.3. The third kappa shape index (κ3) is 1.99. The van der Waals surface area contributed by atoms with Crippen molar-refractivity contribution in [3.8, 4) is 21.3 Å². The zero-order valence-corrected chi connectivity index (χ0v) is 10.8. The molecule has 0 aliphatic heterocycles. The molecule has 5 heteroatoms. The van der Waals surface area contributed by atoms with E-state index in [4.69, 9.17) is 0 Å². The van der Waals surface area contributed by atoms with Crippen LogP contribution in [0.1, 0.15) is 5.56 Å². The Morgan fingerprint density at radius 2 is 2.06 bits per heavy atom. The molecular formula is C12H9N3S2. The van der Waals surface area contributed by atoms with Crippen LogP contribution in [0.5, 0.6) is 0 Å². The second kappa shape index (κ2) is 4.35. The van der Waals surface area contributed by atoms with Crippen LogP contribution in [0.25, 0.3) is 21.3 Å². The Morgan fingerprint density at radius 1 is 1.12 bits per heavy atom. The Kier molecular flexibility index (Phi) is 2.70. The zero-order valence-electron chi connectivity index (χ0n) is 9.12. The molecule has 3 nitrogen and oxygen atoms in total. The molecule has 0 aliphatic rings. The van der Waals surface area contributed by atoms with E-state index in [2.05, 4.69) is 33.3 Å². The van der Waals surface area contributed by atoms with E-state index in [1.807, 2.05) is 5.38 Å². The first-order valence-electron chi connectivity index (χ1n) is 5.11. The quantitative estimate of drug-likeness (QED) is 0.705. The number of thiophene rings is 1. The van der Waals surface area contributed by atoms with Crippen molar-refractivity contribution in [3.63, 3.8) is 0 Å². The molecule has 3 aromatic rings. The number of hydrogen-bond donors (Lipinski definition) is 0. The molecule has 0 unspecified atom stereocenters. The molecule has 0 atom stereocenters. The average Bonchev–Trinajstić information content (AvgIpc) is 2.98. The van der Waals surface area contributed by atoms with Gasteiger partial charge in [-0.15, -0.1) is 22.7 Å². The van der Waals surface area contributed by atoms with Gasteiger partial charge in [-0.25, -0.2) is 4.98 Å². The molecule has 0 bridgehead atoms. The van der Waals surface area contributed by atoms with Crippen molar-refractivity contribution < 1.29 is 0 Å². The maximum atomic E-state index is 4.61. The summed E-state index contributed by atoms with van der Waals surface area (Å²) in [4.78, 5) is 14.2. The highest BCUT2D eigenvalue weighted by atomic mass is 32.1. The first-order chi connectivity index (χ1) is 8.34. The Bertz CT molecular complexity index is 628. The molecule has 0 fully saturated rings. The maximum absolute atomic E-state index is 4.61. The van der Waals surface area contributed by atoms with Gasteiger partial charge < -0.3 is 0 Å². The van der Waals surface area contributed by atoms with Crippen molar-refractivity contribution in [3.05, 3.63) is 41.0 Å². The summed E-state index contributed by atoms with van der Waals surface area (Å²) < 4.78 is 0. The third-order valence-corrected chi connectivity index (χ3v) is 4.40. The van der Waals surface area contributed by atoms with E-state index in [1.165, 1.54) is 10.4 Å². The molecule has 0 radical (unpaired) electrons. The average molecular weight is 259 g/mol. The van der Waals surface area contributed by atoms with Gasteiger partial charge >= 0.3 is 0 Å². The highest BCUT2D eigenvalue weighted by molar-refractivity contribution is 7.20. The first kappa shape index (κ1) is 10.6. The lowest BCUT2D eigenvalue weighted by Gasteiger charge is -1.94. The third-order valence-electron chi connectivity index (χ3n) is 2.39. The van der Waals surface area contributed by atoms with Gasteiger partial charge in [-0.2, -0.15) is 0 Å². The van der Waals surface area contributed by atoms with Gasteiger partial charge in [0.25, 0.3) is 0 Å². The topological polar surface area (TPSA) is 38.7 Å². The number of aromatic nitrogens is 3. The molecule has 0 spiro atoms. The van der Waals surface area contributed by atoms with Crippen LogP contribution in [0.2, 0.25) is 0 Å². The minimum atomic E-state index is 0.823. The number of nitrogens with zero attached hydrogens (tertiary/aromatic N) is 3. The second-order valence-corrected chi connectivity index (χ2v) is 5.34. The van der Waals surface area contributed by atoms with Gasteiger partial charge in [-0.05, 0) is 23.9 Å². The standard InChI is InChI=1S/C12H9N3S2/c1-8-2-5-16-11(8)12-15-10(7-17-12)9-6-13-3-4-14-9/h2-7H,1H3. The van der Waals surface area contributed by atoms with Crippen molar-refractivity contribution in [2.24, 2.45) is 0 Å². The smallest absolute Gasteiger partial charge is 0.134 e. The van der Waals surface area contributed by atoms with E-state index < -0.39 is 0 Å². The summed E-state index contributed by atoms with van der Waals surface area (Å²) in [7, 11) is 0. The van der Waals surface area contributed by atoms with E-state index in [0.29, 0.717) is 0 Å². The fourth-order valence-electron chi connectivity index (χ4n) is 1.52. The molecule has 84 valence electrons. The number of rotatable bonds is 2. The van der Waals surface area contributed by atoms with Crippen LogP contribution >= 0.6 is 22.7 Å². The summed E-state index contributed by atoms with van der Waals surface area (Å²) >= 11 is 3.37. The highest BCUT2D eigenvalue weighted by Gasteiger charge is 2.10. The van der Waals surface area contributed by atoms with Crippen LogP contribution in [0, 0.1) is 6.92 Å². The normalized spacial score (nSPS) is 10.6. The predicted octanol–water partition coefficient (Wildman–Crippen LogP) is 3.64. The fourth-order valence-corrected chi connectivity index (χ4v) is 3.43. The molecule has 0 saturated heterocycles. The molecule has 0 aromatic carbocycles. The van der Waals surface area contributed by atoms with Crippen LogP contribution in [0.15, 0.2) is 35.4 Å². The first-order valence-corrected chi connectivity index (χ1v) is 6.87. The largest absolute Gasteiger partial charge is 0.261 e. The van der Waals surface area contributed by atoms with Crippen LogP contribution in [-0.2, 0) is 0 Å². The van der Waals surface area contributed by atoms with E-state index >= 15 is 0 Å². The van der Waals surface area contributed by atoms with Crippen molar-refractivity contribution >= 4 is 22.7 Å². The number of thiazole rings is 1. The summed E-state index contributed by atoms with van der Waals surface area (Å²) in [5.74, 6) is 0. The van der Waals surface area contributed by atoms with E-state index in [0.717, 1.165) is 16.4 Å². The minimum Gasteiger partial charge on any atom is -0.261 e. The van der Waals surface area contributed by atoms with Crippen LogP contribution in [-0.4, -0.2) is 15.0 Å². The molecule has 0 N–H and O–H groups in total. The Labute approximate surface area is 107 Å². The van der Waals surface area contributed by atoms with Gasteiger partial charge in [0.15, 0.2) is 0 Å². The summed E-state index contributed by atoms with van der Waals surface area (Å²) in [5.41, 5.74) is 2.99. The monoisotopic (exact) mass is 259 g/mol. The predicted molar refractivity (Wildman–Crippen MR) is 71.2 cm³/mol. The van der Waals surface area contributed by atoms with E-state index in [9.17, 15) is 0 Å². The zero-order chi connectivity index (χ0) is 11.7. The summed E-state index contributed by atoms with van der Waals surface area (Å²) in [6.07, 6.45) is 5.09. The summed E-state index contributed by atoms with van der Waals surface area (Å²) in [5, 5.41) is 5.17. The lowest BCUT2D eigenvalue weighted by molar-refractivity contribution is 1.19. The molecule has 17 heavy (non-hydrogen) atoms. The molecule has 3 heterocycles. The molecule has 0 amide bonds. The van der Waals surface area contributed by atoms with Gasteiger partial charge in [0.05, 0.1) is 11.1 Å².